The molecule has 1 N–H and O–H groups in total. The van der Waals surface area contributed by atoms with E-state index in [1.54, 1.807) is 6.20 Å². The highest BCUT2D eigenvalue weighted by Gasteiger charge is 2.42. The summed E-state index contributed by atoms with van der Waals surface area (Å²) in [6.45, 7) is 11.0. The number of pyridine rings is 2. The van der Waals surface area contributed by atoms with Crippen molar-refractivity contribution in [2.24, 2.45) is 11.8 Å². The van der Waals surface area contributed by atoms with Gasteiger partial charge in [0.15, 0.2) is 5.11 Å². The fourth-order valence-electron chi connectivity index (χ4n) is 6.68. The average Bonchev–Trinajstić information content (AvgIpc) is 3.43. The molecular weight excluding hydrogens is 536 g/mol. The molecule has 0 saturated carbocycles. The smallest absolute Gasteiger partial charge is 0.174 e. The minimum Gasteiger partial charge on any atom is -0.370 e. The molecule has 2 saturated heterocycles. The number of thiocarbonyl (C=S) groups is 1. The number of benzene rings is 1. The van der Waals surface area contributed by atoms with Crippen molar-refractivity contribution in [3.63, 3.8) is 0 Å². The first kappa shape index (κ1) is 26.8. The molecule has 3 aromatic heterocycles. The predicted molar refractivity (Wildman–Crippen MR) is 168 cm³/mol. The molecule has 0 spiro atoms. The normalized spacial score (nSPS) is 23.0. The summed E-state index contributed by atoms with van der Waals surface area (Å²) < 4.78 is 2.26. The molecule has 6 rings (SSSR count). The lowest BCUT2D eigenvalue weighted by Gasteiger charge is -2.37. The number of aryl methyl sites for hydroxylation is 1. The average molecular weight is 571 g/mol. The fourth-order valence-corrected chi connectivity index (χ4v) is 7.32. The van der Waals surface area contributed by atoms with E-state index in [0.717, 1.165) is 52.3 Å². The van der Waals surface area contributed by atoms with Gasteiger partial charge in [-0.25, -0.2) is 0 Å². The highest BCUT2D eigenvalue weighted by atomic mass is 35.5. The number of nitrogens with one attached hydrogen (secondary N) is 1. The van der Waals surface area contributed by atoms with Crippen LogP contribution in [0.4, 0.5) is 11.4 Å². The second-order valence-electron chi connectivity index (χ2n) is 11.4. The van der Waals surface area contributed by atoms with Crippen molar-refractivity contribution in [3.05, 3.63) is 101 Å². The van der Waals surface area contributed by atoms with Crippen molar-refractivity contribution in [2.45, 2.75) is 46.2 Å². The molecule has 2 aliphatic heterocycles. The maximum Gasteiger partial charge on any atom is 0.174 e. The zero-order valence-corrected chi connectivity index (χ0v) is 25.0. The van der Waals surface area contributed by atoms with Gasteiger partial charge in [0.1, 0.15) is 0 Å². The summed E-state index contributed by atoms with van der Waals surface area (Å²) in [6.07, 6.45) is 6.80. The molecule has 1 aromatic carbocycles. The first-order chi connectivity index (χ1) is 19.3. The minimum atomic E-state index is -0.126. The molecule has 40 heavy (non-hydrogen) atoms. The summed E-state index contributed by atoms with van der Waals surface area (Å²) >= 11 is 13.0. The summed E-state index contributed by atoms with van der Waals surface area (Å²) in [7, 11) is 0. The SMILES string of the molecule is Cc1cc([C@H]2[C@@H](c3ccccn3)NC(=S)N2c2ccc(N3C[C@H](C)C[C@H](C)C3)c(Cl)c2)c(C)n1-c1cccnc1. The van der Waals surface area contributed by atoms with E-state index in [9.17, 15) is 0 Å². The Kier molecular flexibility index (Phi) is 7.27. The number of hydrogen-bond donors (Lipinski definition) is 1. The van der Waals surface area contributed by atoms with Gasteiger partial charge in [-0.1, -0.05) is 31.5 Å². The van der Waals surface area contributed by atoms with E-state index in [0.29, 0.717) is 16.9 Å². The van der Waals surface area contributed by atoms with Gasteiger partial charge in [-0.15, -0.1) is 0 Å². The molecular formula is C32H35ClN6S. The Labute approximate surface area is 247 Å². The highest BCUT2D eigenvalue weighted by Crippen LogP contribution is 2.45. The molecule has 8 heteroatoms. The third-order valence-electron chi connectivity index (χ3n) is 8.21. The topological polar surface area (TPSA) is 49.2 Å². The summed E-state index contributed by atoms with van der Waals surface area (Å²) in [6, 6.07) is 18.5. The number of anilines is 2. The maximum absolute atomic E-state index is 7.02. The van der Waals surface area contributed by atoms with Crippen molar-refractivity contribution in [1.29, 1.82) is 0 Å². The third-order valence-corrected chi connectivity index (χ3v) is 8.83. The Morgan fingerprint density at radius 1 is 0.950 bits per heavy atom. The van der Waals surface area contributed by atoms with Gasteiger partial charge >= 0.3 is 0 Å². The van der Waals surface area contributed by atoms with Crippen LogP contribution in [0.3, 0.4) is 0 Å². The molecule has 0 bridgehead atoms. The van der Waals surface area contributed by atoms with Gasteiger partial charge in [-0.05, 0) is 98.4 Å². The van der Waals surface area contributed by atoms with E-state index in [1.165, 1.54) is 12.0 Å². The number of nitrogens with zero attached hydrogens (tertiary/aromatic N) is 5. The largest absolute Gasteiger partial charge is 0.370 e. The van der Waals surface area contributed by atoms with Crippen LogP contribution < -0.4 is 15.1 Å². The summed E-state index contributed by atoms with van der Waals surface area (Å²) in [5.74, 6) is 1.29. The first-order valence-corrected chi connectivity index (χ1v) is 14.7. The molecule has 0 amide bonds. The molecule has 2 aliphatic rings. The van der Waals surface area contributed by atoms with Crippen LogP contribution >= 0.6 is 23.8 Å². The molecule has 5 heterocycles. The van der Waals surface area contributed by atoms with Crippen LogP contribution in [0, 0.1) is 25.7 Å². The monoisotopic (exact) mass is 570 g/mol. The van der Waals surface area contributed by atoms with Crippen molar-refractivity contribution in [2.75, 3.05) is 22.9 Å². The van der Waals surface area contributed by atoms with Crippen LogP contribution in [0.2, 0.25) is 5.02 Å². The Morgan fingerprint density at radius 3 is 2.42 bits per heavy atom. The summed E-state index contributed by atoms with van der Waals surface area (Å²) in [5, 5.41) is 5.01. The molecule has 206 valence electrons. The fraction of sp³-hybridized carbons (Fsp3) is 0.344. The predicted octanol–water partition coefficient (Wildman–Crippen LogP) is 7.20. The molecule has 4 atom stereocenters. The van der Waals surface area contributed by atoms with E-state index in [4.69, 9.17) is 28.8 Å². The van der Waals surface area contributed by atoms with Crippen molar-refractivity contribution in [3.8, 4) is 5.69 Å². The lowest BCUT2D eigenvalue weighted by atomic mass is 9.91. The second-order valence-corrected chi connectivity index (χ2v) is 12.2. The van der Waals surface area contributed by atoms with Crippen molar-refractivity contribution >= 4 is 40.3 Å². The molecule has 0 radical (unpaired) electrons. The molecule has 0 aliphatic carbocycles. The van der Waals surface area contributed by atoms with Gasteiger partial charge in [-0.2, -0.15) is 0 Å². The minimum absolute atomic E-state index is 0.115. The highest BCUT2D eigenvalue weighted by molar-refractivity contribution is 7.80. The van der Waals surface area contributed by atoms with E-state index in [-0.39, 0.29) is 12.1 Å². The Hall–Kier alpha value is -3.42. The van der Waals surface area contributed by atoms with Crippen LogP contribution in [0.5, 0.6) is 0 Å². The van der Waals surface area contributed by atoms with Gasteiger partial charge < -0.3 is 19.7 Å². The zero-order chi connectivity index (χ0) is 28.0. The number of hydrogen-bond acceptors (Lipinski definition) is 4. The van der Waals surface area contributed by atoms with Gasteiger partial charge in [0.25, 0.3) is 0 Å². The number of halogens is 1. The lowest BCUT2D eigenvalue weighted by molar-refractivity contribution is 0.357. The molecule has 2 fully saturated rings. The van der Waals surface area contributed by atoms with E-state index >= 15 is 0 Å². The van der Waals surface area contributed by atoms with Gasteiger partial charge in [-0.3, -0.25) is 9.97 Å². The quantitative estimate of drug-likeness (QED) is 0.256. The number of rotatable bonds is 5. The molecule has 6 nitrogen and oxygen atoms in total. The lowest BCUT2D eigenvalue weighted by Crippen LogP contribution is -2.38. The van der Waals surface area contributed by atoms with Crippen LogP contribution in [-0.2, 0) is 0 Å². The van der Waals surface area contributed by atoms with Crippen LogP contribution in [-0.4, -0.2) is 32.7 Å². The first-order valence-electron chi connectivity index (χ1n) is 14.0. The van der Waals surface area contributed by atoms with Crippen LogP contribution in [0.15, 0.2) is 73.2 Å². The maximum atomic E-state index is 7.02. The van der Waals surface area contributed by atoms with E-state index in [2.05, 4.69) is 88.8 Å². The van der Waals surface area contributed by atoms with Crippen LogP contribution in [0.25, 0.3) is 5.69 Å². The van der Waals surface area contributed by atoms with Crippen LogP contribution in [0.1, 0.15) is 55.0 Å². The zero-order valence-electron chi connectivity index (χ0n) is 23.4. The number of piperidine rings is 1. The van der Waals surface area contributed by atoms with Gasteiger partial charge in [0, 0.05) is 42.6 Å². The van der Waals surface area contributed by atoms with Gasteiger partial charge in [0.2, 0.25) is 0 Å². The van der Waals surface area contributed by atoms with E-state index < -0.39 is 0 Å². The number of aromatic nitrogens is 3. The standard InChI is InChI=1S/C32H35ClN6S/c1-20-14-21(2)19-37(18-20)29-11-10-24(16-27(29)33)39-31(30(36-32(39)40)28-9-5-6-13-35-28)26-15-22(3)38(23(26)4)25-8-7-12-34-17-25/h5-13,15-17,20-21,30-31H,14,18-19H2,1-4H3,(H,36,40)/t20-,21+,30-,31+/m1/s1. The van der Waals surface area contributed by atoms with Gasteiger partial charge in [0.05, 0.1) is 40.4 Å². The summed E-state index contributed by atoms with van der Waals surface area (Å²) in [4.78, 5) is 13.7. The Bertz CT molecular complexity index is 1510. The Balaban J connectivity index is 1.44. The third kappa shape index (κ3) is 4.86. The molecule has 4 aromatic rings. The van der Waals surface area contributed by atoms with E-state index in [1.807, 2.05) is 30.6 Å². The second kappa shape index (κ2) is 10.9. The molecule has 0 unspecified atom stereocenters. The van der Waals surface area contributed by atoms with Crippen molar-refractivity contribution < 1.29 is 0 Å². The Morgan fingerprint density at radius 2 is 1.75 bits per heavy atom. The van der Waals surface area contributed by atoms with Crippen molar-refractivity contribution in [1.82, 2.24) is 19.9 Å². The summed E-state index contributed by atoms with van der Waals surface area (Å²) in [5.41, 5.74) is 7.52.